The molecule has 0 saturated carbocycles. The predicted octanol–water partition coefficient (Wildman–Crippen LogP) is 2.50. The molecule has 1 aromatic heterocycles. The number of benzene rings is 1. The summed E-state index contributed by atoms with van der Waals surface area (Å²) in [5.74, 6) is 0.642. The Morgan fingerprint density at radius 1 is 1.26 bits per heavy atom. The molecule has 1 aliphatic heterocycles. The van der Waals surface area contributed by atoms with Crippen LogP contribution in [-0.4, -0.2) is 24.0 Å². The molecule has 1 amide bonds. The van der Waals surface area contributed by atoms with E-state index in [-0.39, 0.29) is 5.91 Å². The number of carbonyl (C=O) groups is 1. The topological polar surface area (TPSA) is 56.9 Å². The van der Waals surface area contributed by atoms with Crippen molar-refractivity contribution in [3.8, 4) is 0 Å². The van der Waals surface area contributed by atoms with Crippen molar-refractivity contribution in [2.24, 2.45) is 5.92 Å². The van der Waals surface area contributed by atoms with E-state index in [9.17, 15) is 4.79 Å². The van der Waals surface area contributed by atoms with Crippen molar-refractivity contribution in [2.45, 2.75) is 19.3 Å². The Morgan fingerprint density at radius 3 is 2.89 bits per heavy atom. The highest BCUT2D eigenvalue weighted by Crippen LogP contribution is 2.23. The lowest BCUT2D eigenvalue weighted by atomic mass is 9.94. The molecule has 3 N–H and O–H groups in total. The van der Waals surface area contributed by atoms with Crippen molar-refractivity contribution >= 4 is 22.5 Å². The summed E-state index contributed by atoms with van der Waals surface area (Å²) < 4.78 is 0. The first-order valence-electron chi connectivity index (χ1n) is 6.89. The average molecular weight is 257 g/mol. The molecule has 100 valence electrons. The van der Waals surface area contributed by atoms with Crippen LogP contribution >= 0.6 is 0 Å². The second-order valence-corrected chi connectivity index (χ2v) is 5.19. The van der Waals surface area contributed by atoms with Crippen LogP contribution in [0.25, 0.3) is 10.9 Å². The molecule has 0 atom stereocenters. The number of aromatic amines is 1. The van der Waals surface area contributed by atoms with Gasteiger partial charge in [-0.15, -0.1) is 0 Å². The van der Waals surface area contributed by atoms with Crippen molar-refractivity contribution in [3.05, 3.63) is 30.5 Å². The number of amides is 1. The Bertz CT molecular complexity index is 570. The van der Waals surface area contributed by atoms with Crippen molar-refractivity contribution in [3.63, 3.8) is 0 Å². The van der Waals surface area contributed by atoms with E-state index in [2.05, 4.69) is 15.6 Å². The van der Waals surface area contributed by atoms with E-state index in [0.29, 0.717) is 12.3 Å². The number of rotatable bonds is 3. The third kappa shape index (κ3) is 2.79. The number of aromatic nitrogens is 1. The average Bonchev–Trinajstić information content (AvgIpc) is 2.83. The molecule has 0 spiro atoms. The SMILES string of the molecule is O=C(CC1CCNCC1)Nc1c[nH]c2ccccc12. The third-order valence-corrected chi connectivity index (χ3v) is 3.80. The number of hydrogen-bond donors (Lipinski definition) is 3. The van der Waals surface area contributed by atoms with E-state index in [1.54, 1.807) is 0 Å². The first kappa shape index (κ1) is 12.2. The summed E-state index contributed by atoms with van der Waals surface area (Å²) in [6.07, 6.45) is 4.69. The van der Waals surface area contributed by atoms with E-state index in [1.165, 1.54) is 0 Å². The first-order chi connectivity index (χ1) is 9.33. The molecule has 19 heavy (non-hydrogen) atoms. The Balaban J connectivity index is 1.65. The number of carbonyl (C=O) groups excluding carboxylic acids is 1. The molecule has 1 aromatic carbocycles. The Kier molecular flexibility index (Phi) is 3.51. The molecule has 3 rings (SSSR count). The van der Waals surface area contributed by atoms with E-state index >= 15 is 0 Å². The summed E-state index contributed by atoms with van der Waals surface area (Å²) in [6.45, 7) is 2.07. The van der Waals surface area contributed by atoms with Gasteiger partial charge in [-0.2, -0.15) is 0 Å². The molecule has 4 heteroatoms. The lowest BCUT2D eigenvalue weighted by molar-refractivity contribution is -0.117. The molecule has 0 aliphatic carbocycles. The van der Waals surface area contributed by atoms with Gasteiger partial charge in [0.25, 0.3) is 0 Å². The highest BCUT2D eigenvalue weighted by atomic mass is 16.1. The highest BCUT2D eigenvalue weighted by Gasteiger charge is 2.17. The van der Waals surface area contributed by atoms with Gasteiger partial charge in [0, 0.05) is 23.5 Å². The van der Waals surface area contributed by atoms with Gasteiger partial charge in [0.05, 0.1) is 5.69 Å². The van der Waals surface area contributed by atoms with Gasteiger partial charge in [-0.05, 0) is 37.9 Å². The van der Waals surface area contributed by atoms with Gasteiger partial charge < -0.3 is 15.6 Å². The van der Waals surface area contributed by atoms with Gasteiger partial charge in [-0.25, -0.2) is 0 Å². The maximum Gasteiger partial charge on any atom is 0.224 e. The van der Waals surface area contributed by atoms with Crippen LogP contribution in [0.5, 0.6) is 0 Å². The molecule has 0 radical (unpaired) electrons. The Labute approximate surface area is 112 Å². The van der Waals surface area contributed by atoms with Gasteiger partial charge in [0.2, 0.25) is 5.91 Å². The van der Waals surface area contributed by atoms with Crippen LogP contribution in [0, 0.1) is 5.92 Å². The molecule has 1 aliphatic rings. The smallest absolute Gasteiger partial charge is 0.224 e. The minimum absolute atomic E-state index is 0.122. The van der Waals surface area contributed by atoms with Crippen LogP contribution in [-0.2, 0) is 4.79 Å². The van der Waals surface area contributed by atoms with Crippen LogP contribution in [0.4, 0.5) is 5.69 Å². The van der Waals surface area contributed by atoms with Crippen LogP contribution in [0.1, 0.15) is 19.3 Å². The summed E-state index contributed by atoms with van der Waals surface area (Å²) in [5.41, 5.74) is 1.94. The number of hydrogen-bond acceptors (Lipinski definition) is 2. The summed E-state index contributed by atoms with van der Waals surface area (Å²) in [7, 11) is 0. The second kappa shape index (κ2) is 5.45. The molecule has 2 heterocycles. The van der Waals surface area contributed by atoms with E-state index in [0.717, 1.165) is 42.5 Å². The zero-order valence-corrected chi connectivity index (χ0v) is 10.9. The monoisotopic (exact) mass is 257 g/mol. The fourth-order valence-corrected chi connectivity index (χ4v) is 2.72. The minimum atomic E-state index is 0.122. The summed E-state index contributed by atoms with van der Waals surface area (Å²) >= 11 is 0. The van der Waals surface area contributed by atoms with Gasteiger partial charge in [-0.1, -0.05) is 18.2 Å². The fourth-order valence-electron chi connectivity index (χ4n) is 2.72. The lowest BCUT2D eigenvalue weighted by Crippen LogP contribution is -2.30. The maximum absolute atomic E-state index is 12.1. The largest absolute Gasteiger partial charge is 0.359 e. The van der Waals surface area contributed by atoms with Crippen LogP contribution in [0.3, 0.4) is 0 Å². The first-order valence-corrected chi connectivity index (χ1v) is 6.89. The van der Waals surface area contributed by atoms with Crippen LogP contribution in [0.2, 0.25) is 0 Å². The number of anilines is 1. The molecular formula is C15H19N3O. The number of H-pyrrole nitrogens is 1. The molecule has 0 bridgehead atoms. The van der Waals surface area contributed by atoms with E-state index < -0.39 is 0 Å². The summed E-state index contributed by atoms with van der Waals surface area (Å²) in [5, 5.41) is 7.41. The molecule has 1 fully saturated rings. The van der Waals surface area contributed by atoms with Crippen LogP contribution < -0.4 is 10.6 Å². The van der Waals surface area contributed by atoms with Gasteiger partial charge >= 0.3 is 0 Å². The number of piperidine rings is 1. The molecular weight excluding hydrogens is 238 g/mol. The standard InChI is InChI=1S/C15H19N3O/c19-15(9-11-5-7-16-8-6-11)18-14-10-17-13-4-2-1-3-12(13)14/h1-4,10-11,16-17H,5-9H2,(H,18,19). The number of fused-ring (bicyclic) bond motifs is 1. The zero-order valence-electron chi connectivity index (χ0n) is 10.9. The molecule has 0 unspecified atom stereocenters. The quantitative estimate of drug-likeness (QED) is 0.791. The summed E-state index contributed by atoms with van der Waals surface area (Å²) in [4.78, 5) is 15.2. The molecule has 2 aromatic rings. The fraction of sp³-hybridized carbons (Fsp3) is 0.400. The van der Waals surface area contributed by atoms with Crippen molar-refractivity contribution < 1.29 is 4.79 Å². The minimum Gasteiger partial charge on any atom is -0.359 e. The Morgan fingerprint density at radius 2 is 2.05 bits per heavy atom. The van der Waals surface area contributed by atoms with Gasteiger partial charge in [-0.3, -0.25) is 4.79 Å². The summed E-state index contributed by atoms with van der Waals surface area (Å²) in [6, 6.07) is 8.00. The predicted molar refractivity (Wildman–Crippen MR) is 77.1 cm³/mol. The lowest BCUT2D eigenvalue weighted by Gasteiger charge is -2.21. The molecule has 4 nitrogen and oxygen atoms in total. The maximum atomic E-state index is 12.1. The number of nitrogens with one attached hydrogen (secondary N) is 3. The van der Waals surface area contributed by atoms with Gasteiger partial charge in [0.1, 0.15) is 0 Å². The highest BCUT2D eigenvalue weighted by molar-refractivity contribution is 6.01. The van der Waals surface area contributed by atoms with Crippen molar-refractivity contribution in [1.29, 1.82) is 0 Å². The Hall–Kier alpha value is -1.81. The van der Waals surface area contributed by atoms with E-state index in [4.69, 9.17) is 0 Å². The second-order valence-electron chi connectivity index (χ2n) is 5.19. The van der Waals surface area contributed by atoms with Crippen molar-refractivity contribution in [2.75, 3.05) is 18.4 Å². The van der Waals surface area contributed by atoms with E-state index in [1.807, 2.05) is 30.5 Å². The molecule has 1 saturated heterocycles. The van der Waals surface area contributed by atoms with Crippen LogP contribution in [0.15, 0.2) is 30.5 Å². The van der Waals surface area contributed by atoms with Gasteiger partial charge in [0.15, 0.2) is 0 Å². The zero-order chi connectivity index (χ0) is 13.1. The normalized spacial score (nSPS) is 16.6. The number of para-hydroxylation sites is 1. The van der Waals surface area contributed by atoms with Crippen molar-refractivity contribution in [1.82, 2.24) is 10.3 Å². The third-order valence-electron chi connectivity index (χ3n) is 3.80.